The minimum Gasteiger partial charge on any atom is -0.493 e. The summed E-state index contributed by atoms with van der Waals surface area (Å²) in [6.45, 7) is 3.69. The Hall–Kier alpha value is -3.59. The molecule has 0 bridgehead atoms. The highest BCUT2D eigenvalue weighted by atomic mass is 32.2. The molecular formula is C23H24N2O6S. The molecule has 0 fully saturated rings. The fraction of sp³-hybridized carbons (Fsp3) is 0.217. The molecule has 9 heteroatoms. The van der Waals surface area contributed by atoms with Crippen LogP contribution in [0.3, 0.4) is 0 Å². The van der Waals surface area contributed by atoms with Crippen LogP contribution in [0.25, 0.3) is 0 Å². The van der Waals surface area contributed by atoms with Gasteiger partial charge in [-0.3, -0.25) is 14.4 Å². The van der Waals surface area contributed by atoms with Gasteiger partial charge in [-0.25, -0.2) is 8.42 Å². The summed E-state index contributed by atoms with van der Waals surface area (Å²) in [5.41, 5.74) is 1.79. The van der Waals surface area contributed by atoms with Crippen LogP contribution < -0.4 is 13.8 Å². The third kappa shape index (κ3) is 4.52. The number of benzene rings is 3. The summed E-state index contributed by atoms with van der Waals surface area (Å²) >= 11 is 0. The molecule has 3 rings (SSSR count). The van der Waals surface area contributed by atoms with Crippen molar-refractivity contribution in [2.24, 2.45) is 0 Å². The third-order valence-electron chi connectivity index (χ3n) is 5.08. The molecular weight excluding hydrogens is 432 g/mol. The maximum Gasteiger partial charge on any atom is 0.270 e. The molecule has 0 radical (unpaired) electrons. The number of hydrogen-bond acceptors (Lipinski definition) is 6. The van der Waals surface area contributed by atoms with E-state index < -0.39 is 21.0 Å². The van der Waals surface area contributed by atoms with Gasteiger partial charge in [-0.2, -0.15) is 0 Å². The lowest BCUT2D eigenvalue weighted by atomic mass is 10.1. The third-order valence-corrected chi connectivity index (χ3v) is 6.98. The second-order valence-corrected chi connectivity index (χ2v) is 9.00. The van der Waals surface area contributed by atoms with Crippen LogP contribution >= 0.6 is 0 Å². The van der Waals surface area contributed by atoms with Crippen molar-refractivity contribution in [3.05, 3.63) is 88.0 Å². The van der Waals surface area contributed by atoms with Gasteiger partial charge in [0.2, 0.25) is 0 Å². The Bertz CT molecular complexity index is 1240. The predicted molar refractivity (Wildman–Crippen MR) is 122 cm³/mol. The zero-order valence-corrected chi connectivity index (χ0v) is 19.0. The molecule has 0 aromatic heterocycles. The lowest BCUT2D eigenvalue weighted by molar-refractivity contribution is -0.385. The van der Waals surface area contributed by atoms with Crippen molar-refractivity contribution in [3.63, 3.8) is 0 Å². The Balaban J connectivity index is 2.22. The van der Waals surface area contributed by atoms with Gasteiger partial charge in [0.1, 0.15) is 0 Å². The number of aryl methyl sites for hydroxylation is 1. The molecule has 0 aliphatic rings. The van der Waals surface area contributed by atoms with Gasteiger partial charge < -0.3 is 9.47 Å². The van der Waals surface area contributed by atoms with Crippen molar-refractivity contribution >= 4 is 21.4 Å². The summed E-state index contributed by atoms with van der Waals surface area (Å²) < 4.78 is 39.5. The summed E-state index contributed by atoms with van der Waals surface area (Å²) in [4.78, 5) is 10.4. The molecule has 1 atom stereocenters. The van der Waals surface area contributed by atoms with E-state index in [0.29, 0.717) is 17.2 Å². The predicted octanol–water partition coefficient (Wildman–Crippen LogP) is 4.88. The zero-order chi connectivity index (χ0) is 23.5. The zero-order valence-electron chi connectivity index (χ0n) is 18.2. The number of rotatable bonds is 8. The first kappa shape index (κ1) is 23.1. The van der Waals surface area contributed by atoms with Crippen molar-refractivity contribution in [2.45, 2.75) is 24.8 Å². The van der Waals surface area contributed by atoms with Crippen molar-refractivity contribution in [1.82, 2.24) is 0 Å². The summed E-state index contributed by atoms with van der Waals surface area (Å²) in [6, 6.07) is 16.7. The van der Waals surface area contributed by atoms with Crippen molar-refractivity contribution in [2.75, 3.05) is 18.5 Å². The quantitative estimate of drug-likeness (QED) is 0.354. The maximum atomic E-state index is 13.8. The van der Waals surface area contributed by atoms with Gasteiger partial charge in [-0.05, 0) is 37.6 Å². The number of methoxy groups -OCH3 is 2. The van der Waals surface area contributed by atoms with Crippen LogP contribution in [0.5, 0.6) is 11.5 Å². The van der Waals surface area contributed by atoms with Crippen LogP contribution in [0, 0.1) is 17.0 Å². The fourth-order valence-electron chi connectivity index (χ4n) is 3.47. The molecule has 3 aromatic rings. The Morgan fingerprint density at radius 1 is 0.938 bits per heavy atom. The first-order valence-electron chi connectivity index (χ1n) is 9.76. The molecule has 3 aromatic carbocycles. The van der Waals surface area contributed by atoms with Crippen molar-refractivity contribution in [3.8, 4) is 11.5 Å². The highest BCUT2D eigenvalue weighted by Gasteiger charge is 2.32. The molecule has 168 valence electrons. The first-order chi connectivity index (χ1) is 15.2. The van der Waals surface area contributed by atoms with E-state index in [2.05, 4.69) is 0 Å². The van der Waals surface area contributed by atoms with Gasteiger partial charge in [0.05, 0.1) is 35.8 Å². The number of ether oxygens (including phenoxy) is 2. The molecule has 0 unspecified atom stereocenters. The number of nitro groups is 1. The van der Waals surface area contributed by atoms with Gasteiger partial charge >= 0.3 is 0 Å². The molecule has 0 N–H and O–H groups in total. The van der Waals surface area contributed by atoms with Crippen LogP contribution in [0.4, 0.5) is 11.4 Å². The molecule has 0 aliphatic carbocycles. The standard InChI is InChI=1S/C23H24N2O6S/c1-16-7-5-8-18(13-16)17(2)24(19-11-12-22(30-3)23(15-19)31-4)32(28,29)21-10-6-9-20(14-21)25(26)27/h5-15,17H,1-4H3/t17-/m1/s1. The fourth-order valence-corrected chi connectivity index (χ4v) is 5.15. The number of anilines is 1. The summed E-state index contributed by atoms with van der Waals surface area (Å²) in [6.07, 6.45) is 0. The molecule has 0 aliphatic heterocycles. The normalized spacial score (nSPS) is 12.1. The summed E-state index contributed by atoms with van der Waals surface area (Å²) in [7, 11) is -1.23. The summed E-state index contributed by atoms with van der Waals surface area (Å²) in [5.74, 6) is 0.813. The summed E-state index contributed by atoms with van der Waals surface area (Å²) in [5, 5.41) is 11.2. The molecule has 0 amide bonds. The number of nitrogens with zero attached hydrogens (tertiary/aromatic N) is 2. The minimum atomic E-state index is -4.18. The van der Waals surface area contributed by atoms with E-state index in [0.717, 1.165) is 17.2 Å². The molecule has 0 saturated carbocycles. The number of hydrogen-bond donors (Lipinski definition) is 0. The van der Waals surface area contributed by atoms with Crippen LogP contribution in [0.1, 0.15) is 24.1 Å². The van der Waals surface area contributed by atoms with E-state index in [1.165, 1.54) is 36.7 Å². The largest absolute Gasteiger partial charge is 0.493 e. The van der Waals surface area contributed by atoms with Gasteiger partial charge in [0, 0.05) is 18.2 Å². The van der Waals surface area contributed by atoms with E-state index in [1.807, 2.05) is 31.2 Å². The van der Waals surface area contributed by atoms with Gasteiger partial charge in [-0.15, -0.1) is 0 Å². The van der Waals surface area contributed by atoms with Gasteiger partial charge in [0.25, 0.3) is 15.7 Å². The SMILES string of the molecule is COc1ccc(N([C@H](C)c2cccc(C)c2)S(=O)(=O)c2cccc([N+](=O)[O-])c2)cc1OC. The Kier molecular flexibility index (Phi) is 6.69. The minimum absolute atomic E-state index is 0.180. The topological polar surface area (TPSA) is 99.0 Å². The van der Waals surface area contributed by atoms with E-state index >= 15 is 0 Å². The lowest BCUT2D eigenvalue weighted by Gasteiger charge is -2.31. The average Bonchev–Trinajstić information content (AvgIpc) is 2.78. The Labute approximate surface area is 187 Å². The van der Waals surface area contributed by atoms with E-state index in [4.69, 9.17) is 9.47 Å². The number of nitro benzene ring substituents is 1. The monoisotopic (exact) mass is 456 g/mol. The van der Waals surface area contributed by atoms with Crippen LogP contribution in [-0.4, -0.2) is 27.6 Å². The van der Waals surface area contributed by atoms with E-state index in [1.54, 1.807) is 25.1 Å². The lowest BCUT2D eigenvalue weighted by Crippen LogP contribution is -2.33. The van der Waals surface area contributed by atoms with Crippen LogP contribution in [-0.2, 0) is 10.0 Å². The van der Waals surface area contributed by atoms with E-state index in [-0.39, 0.29) is 10.6 Å². The molecule has 0 saturated heterocycles. The van der Waals surface area contributed by atoms with Crippen molar-refractivity contribution in [1.29, 1.82) is 0 Å². The molecule has 8 nitrogen and oxygen atoms in total. The number of sulfonamides is 1. The highest BCUT2D eigenvalue weighted by Crippen LogP contribution is 2.38. The molecule has 0 spiro atoms. The average molecular weight is 457 g/mol. The maximum absolute atomic E-state index is 13.8. The number of non-ortho nitro benzene ring substituents is 1. The smallest absolute Gasteiger partial charge is 0.270 e. The van der Waals surface area contributed by atoms with Crippen LogP contribution in [0.2, 0.25) is 0 Å². The van der Waals surface area contributed by atoms with E-state index in [9.17, 15) is 18.5 Å². The first-order valence-corrected chi connectivity index (χ1v) is 11.2. The van der Waals surface area contributed by atoms with Gasteiger partial charge in [0.15, 0.2) is 11.5 Å². The molecule has 32 heavy (non-hydrogen) atoms. The highest BCUT2D eigenvalue weighted by molar-refractivity contribution is 7.92. The molecule has 0 heterocycles. The second kappa shape index (κ2) is 9.27. The second-order valence-electron chi connectivity index (χ2n) is 7.18. The Morgan fingerprint density at radius 2 is 1.62 bits per heavy atom. The van der Waals surface area contributed by atoms with Crippen molar-refractivity contribution < 1.29 is 22.8 Å². The Morgan fingerprint density at radius 3 is 2.25 bits per heavy atom. The van der Waals surface area contributed by atoms with Gasteiger partial charge in [-0.1, -0.05) is 35.9 Å². The van der Waals surface area contributed by atoms with Crippen LogP contribution in [0.15, 0.2) is 71.6 Å².